The lowest BCUT2D eigenvalue weighted by atomic mass is 10.1. The highest BCUT2D eigenvalue weighted by Crippen LogP contribution is 2.64. The molecule has 7 nitrogen and oxygen atoms in total. The molecule has 27 heavy (non-hydrogen) atoms. The van der Waals surface area contributed by atoms with Crippen LogP contribution in [-0.2, 0) is 24.3 Å². The highest BCUT2D eigenvalue weighted by atomic mass is 35.5. The molecule has 1 aliphatic rings. The predicted octanol–water partition coefficient (Wildman–Crippen LogP) is 2.78. The molecular weight excluding hydrogens is 415 g/mol. The van der Waals surface area contributed by atoms with Gasteiger partial charge >= 0.3 is 5.97 Å². The number of hydrogen-bond donors (Lipinski definition) is 1. The smallest absolute Gasteiger partial charge is 0.315 e. The third-order valence-corrected chi connectivity index (χ3v) is 7.65. The second kappa shape index (κ2) is 7.95. The van der Waals surface area contributed by atoms with E-state index in [1.54, 1.807) is 26.8 Å². The van der Waals surface area contributed by atoms with Crippen molar-refractivity contribution in [2.45, 2.75) is 36.4 Å². The van der Waals surface area contributed by atoms with E-state index in [0.29, 0.717) is 13.1 Å². The first-order chi connectivity index (χ1) is 12.5. The highest BCUT2D eigenvalue weighted by Gasteiger charge is 2.69. The van der Waals surface area contributed by atoms with Crippen LogP contribution < -0.4 is 5.32 Å². The van der Waals surface area contributed by atoms with Crippen LogP contribution in [0.2, 0.25) is 0 Å². The number of carbonyl (C=O) groups is 2. The maximum Gasteiger partial charge on any atom is 0.315 e. The van der Waals surface area contributed by atoms with E-state index in [4.69, 9.17) is 27.9 Å². The quantitative estimate of drug-likeness (QED) is 0.499. The molecule has 0 spiro atoms. The third-order valence-electron chi connectivity index (χ3n) is 4.50. The van der Waals surface area contributed by atoms with Gasteiger partial charge in [-0.3, -0.25) is 9.59 Å². The number of amides is 1. The molecule has 0 heterocycles. The van der Waals surface area contributed by atoms with E-state index in [0.717, 1.165) is 0 Å². The summed E-state index contributed by atoms with van der Waals surface area (Å²) in [6.45, 7) is 5.22. The average molecular weight is 437 g/mol. The van der Waals surface area contributed by atoms with Gasteiger partial charge in [-0.15, -0.1) is 23.2 Å². The number of alkyl halides is 2. The summed E-state index contributed by atoms with van der Waals surface area (Å²) in [4.78, 5) is 24.1. The van der Waals surface area contributed by atoms with Gasteiger partial charge in [0.2, 0.25) is 10.0 Å². The lowest BCUT2D eigenvalue weighted by Crippen LogP contribution is -2.30. The molecule has 1 saturated carbocycles. The second-order valence-corrected chi connectivity index (χ2v) is 9.88. The molecule has 0 aliphatic heterocycles. The van der Waals surface area contributed by atoms with Crippen molar-refractivity contribution in [3.8, 4) is 0 Å². The van der Waals surface area contributed by atoms with E-state index >= 15 is 0 Å². The zero-order valence-electron chi connectivity index (χ0n) is 15.3. The lowest BCUT2D eigenvalue weighted by molar-refractivity contribution is -0.152. The summed E-state index contributed by atoms with van der Waals surface area (Å²) in [5.74, 6) is -1.25. The Kier molecular flexibility index (Phi) is 6.46. The molecule has 0 unspecified atom stereocenters. The molecule has 1 fully saturated rings. The minimum atomic E-state index is -3.64. The molecule has 1 aromatic carbocycles. The van der Waals surface area contributed by atoms with Crippen LogP contribution in [0, 0.1) is 5.41 Å². The van der Waals surface area contributed by atoms with E-state index in [9.17, 15) is 18.0 Å². The topological polar surface area (TPSA) is 92.8 Å². The molecule has 10 heteroatoms. The van der Waals surface area contributed by atoms with Gasteiger partial charge in [0.1, 0.15) is 9.75 Å². The summed E-state index contributed by atoms with van der Waals surface area (Å²) in [7, 11) is -3.64. The molecule has 1 atom stereocenters. The molecule has 0 bridgehead atoms. The zero-order chi connectivity index (χ0) is 20.5. The van der Waals surface area contributed by atoms with E-state index in [2.05, 4.69) is 5.32 Å². The minimum Gasteiger partial charge on any atom is -0.455 e. The number of ether oxygens (including phenoxy) is 1. The number of anilines is 1. The Morgan fingerprint density at radius 3 is 2.37 bits per heavy atom. The normalized spacial score (nSPS) is 21.0. The maximum atomic E-state index is 12.5. The van der Waals surface area contributed by atoms with Gasteiger partial charge < -0.3 is 10.1 Å². The SMILES string of the molecule is CCN(CC)S(=O)(=O)c1cccc(NC(=O)COC(=O)[C@@]2(C)CC2(Cl)Cl)c1. The van der Waals surface area contributed by atoms with Crippen LogP contribution in [-0.4, -0.2) is 48.6 Å². The standard InChI is InChI=1S/C17H22Cl2N2O5S/c1-4-21(5-2)27(24,25)13-8-6-7-12(9-13)20-14(22)10-26-15(23)16(3)11-17(16,18)19/h6-9H,4-5,10-11H2,1-3H3,(H,20,22)/t16-/m1/s1. The minimum absolute atomic E-state index is 0.0700. The van der Waals surface area contributed by atoms with Crippen molar-refractivity contribution in [1.82, 2.24) is 4.31 Å². The lowest BCUT2D eigenvalue weighted by Gasteiger charge is -2.19. The van der Waals surface area contributed by atoms with Crippen LogP contribution in [0.25, 0.3) is 0 Å². The van der Waals surface area contributed by atoms with Gasteiger partial charge in [-0.2, -0.15) is 4.31 Å². The number of sulfonamides is 1. The number of hydrogen-bond acceptors (Lipinski definition) is 5. The molecule has 1 amide bonds. The van der Waals surface area contributed by atoms with Crippen molar-refractivity contribution in [3.05, 3.63) is 24.3 Å². The maximum absolute atomic E-state index is 12.5. The fourth-order valence-corrected chi connectivity index (χ4v) is 4.75. The van der Waals surface area contributed by atoms with Gasteiger partial charge in [-0.05, 0) is 25.1 Å². The van der Waals surface area contributed by atoms with Crippen LogP contribution in [0.1, 0.15) is 27.2 Å². The Morgan fingerprint density at radius 1 is 1.26 bits per heavy atom. The van der Waals surface area contributed by atoms with Crippen LogP contribution in [0.15, 0.2) is 29.2 Å². The van der Waals surface area contributed by atoms with Gasteiger partial charge in [0.05, 0.1) is 4.90 Å². The number of nitrogens with one attached hydrogen (secondary N) is 1. The van der Waals surface area contributed by atoms with E-state index < -0.39 is 38.3 Å². The largest absolute Gasteiger partial charge is 0.455 e. The van der Waals surface area contributed by atoms with E-state index in [-0.39, 0.29) is 17.0 Å². The molecule has 1 N–H and O–H groups in total. The summed E-state index contributed by atoms with van der Waals surface area (Å²) in [5, 5.41) is 2.51. The van der Waals surface area contributed by atoms with Crippen molar-refractivity contribution < 1.29 is 22.7 Å². The monoisotopic (exact) mass is 436 g/mol. The summed E-state index contributed by atoms with van der Waals surface area (Å²) in [5.41, 5.74) is -0.736. The average Bonchev–Trinajstić information content (AvgIpc) is 3.13. The van der Waals surface area contributed by atoms with Crippen LogP contribution >= 0.6 is 23.2 Å². The van der Waals surface area contributed by atoms with E-state index in [1.165, 1.54) is 22.5 Å². The third kappa shape index (κ3) is 4.56. The Balaban J connectivity index is 2.00. The molecule has 0 radical (unpaired) electrons. The van der Waals surface area contributed by atoms with Crippen LogP contribution in [0.4, 0.5) is 5.69 Å². The Bertz CT molecular complexity index is 839. The first-order valence-corrected chi connectivity index (χ1v) is 10.6. The number of nitrogens with zero attached hydrogens (tertiary/aromatic N) is 1. The Morgan fingerprint density at radius 2 is 1.85 bits per heavy atom. The summed E-state index contributed by atoms with van der Waals surface area (Å²) >= 11 is 11.8. The van der Waals surface area contributed by atoms with E-state index in [1.807, 2.05) is 0 Å². The number of rotatable bonds is 8. The van der Waals surface area contributed by atoms with Gasteiger partial charge in [0.25, 0.3) is 5.91 Å². The van der Waals surface area contributed by atoms with Gasteiger partial charge in [-0.1, -0.05) is 19.9 Å². The summed E-state index contributed by atoms with van der Waals surface area (Å²) < 4.78 is 30.2. The van der Waals surface area contributed by atoms with Gasteiger partial charge in [-0.25, -0.2) is 8.42 Å². The Labute approximate surface area is 169 Å². The molecular formula is C17H22Cl2N2O5S. The van der Waals surface area contributed by atoms with Gasteiger partial charge in [0.15, 0.2) is 6.61 Å². The summed E-state index contributed by atoms with van der Waals surface area (Å²) in [6.07, 6.45) is 0.259. The second-order valence-electron chi connectivity index (χ2n) is 6.45. The summed E-state index contributed by atoms with van der Waals surface area (Å²) in [6, 6.07) is 5.89. The first kappa shape index (κ1) is 21.9. The van der Waals surface area contributed by atoms with Crippen molar-refractivity contribution in [1.29, 1.82) is 0 Å². The fourth-order valence-electron chi connectivity index (χ4n) is 2.56. The predicted molar refractivity (Wildman–Crippen MR) is 103 cm³/mol. The zero-order valence-corrected chi connectivity index (χ0v) is 17.6. The fraction of sp³-hybridized carbons (Fsp3) is 0.529. The van der Waals surface area contributed by atoms with Crippen molar-refractivity contribution in [3.63, 3.8) is 0 Å². The van der Waals surface area contributed by atoms with Gasteiger partial charge in [0, 0.05) is 25.2 Å². The molecule has 0 aromatic heterocycles. The molecule has 2 rings (SSSR count). The Hall–Kier alpha value is -1.35. The number of carbonyl (C=O) groups excluding carboxylic acids is 2. The number of esters is 1. The first-order valence-electron chi connectivity index (χ1n) is 8.43. The van der Waals surface area contributed by atoms with Crippen molar-refractivity contribution >= 4 is 50.8 Å². The molecule has 1 aliphatic carbocycles. The van der Waals surface area contributed by atoms with Crippen LogP contribution in [0.5, 0.6) is 0 Å². The number of benzene rings is 1. The highest BCUT2D eigenvalue weighted by molar-refractivity contribution is 7.89. The molecule has 0 saturated heterocycles. The molecule has 1 aromatic rings. The van der Waals surface area contributed by atoms with Crippen molar-refractivity contribution in [2.24, 2.45) is 5.41 Å². The molecule has 150 valence electrons. The van der Waals surface area contributed by atoms with Crippen LogP contribution in [0.3, 0.4) is 0 Å². The number of halogens is 2. The van der Waals surface area contributed by atoms with Crippen molar-refractivity contribution in [2.75, 3.05) is 25.0 Å².